The first-order valence-electron chi connectivity index (χ1n) is 10.6. The van der Waals surface area contributed by atoms with Crippen molar-refractivity contribution in [2.24, 2.45) is 5.10 Å². The van der Waals surface area contributed by atoms with Gasteiger partial charge < -0.3 is 9.15 Å². The first-order chi connectivity index (χ1) is 15.2. The molecule has 0 bridgehead atoms. The number of furan rings is 1. The van der Waals surface area contributed by atoms with Gasteiger partial charge in [0.1, 0.15) is 11.8 Å². The minimum Gasteiger partial charge on any atom is -0.467 e. The molecule has 0 spiro atoms. The molecule has 2 aliphatic heterocycles. The SMILES string of the molecule is N#CCCN(CCN1CCOCC1)CC(=O)N1N=C(c2cccs2)CC1c1ccco1. The summed E-state index contributed by atoms with van der Waals surface area (Å²) in [6, 6.07) is 9.70. The summed E-state index contributed by atoms with van der Waals surface area (Å²) in [7, 11) is 0. The third-order valence-corrected chi connectivity index (χ3v) is 6.50. The van der Waals surface area contributed by atoms with Gasteiger partial charge in [0.05, 0.1) is 42.7 Å². The molecule has 0 N–H and O–H groups in total. The summed E-state index contributed by atoms with van der Waals surface area (Å²) in [5.41, 5.74) is 0.904. The highest BCUT2D eigenvalue weighted by Gasteiger charge is 2.35. The van der Waals surface area contributed by atoms with E-state index in [1.165, 1.54) is 0 Å². The van der Waals surface area contributed by atoms with Gasteiger partial charge in [-0.15, -0.1) is 11.3 Å². The van der Waals surface area contributed by atoms with Crippen LogP contribution in [0.15, 0.2) is 45.4 Å². The number of rotatable bonds is 9. The van der Waals surface area contributed by atoms with Gasteiger partial charge in [-0.3, -0.25) is 14.6 Å². The third kappa shape index (κ3) is 5.60. The Morgan fingerprint density at radius 2 is 2.16 bits per heavy atom. The molecule has 2 aliphatic rings. The second-order valence-corrected chi connectivity index (χ2v) is 8.58. The maximum atomic E-state index is 13.3. The van der Waals surface area contributed by atoms with Gasteiger partial charge in [0, 0.05) is 45.6 Å². The van der Waals surface area contributed by atoms with Gasteiger partial charge in [-0.25, -0.2) is 5.01 Å². The molecule has 31 heavy (non-hydrogen) atoms. The third-order valence-electron chi connectivity index (χ3n) is 5.58. The zero-order valence-electron chi connectivity index (χ0n) is 17.5. The van der Waals surface area contributed by atoms with E-state index in [1.54, 1.807) is 22.6 Å². The Balaban J connectivity index is 1.45. The molecule has 1 atom stereocenters. The van der Waals surface area contributed by atoms with Crippen molar-refractivity contribution in [1.82, 2.24) is 14.8 Å². The molecule has 4 heterocycles. The molecular weight excluding hydrogens is 414 g/mol. The van der Waals surface area contributed by atoms with E-state index < -0.39 is 0 Å². The summed E-state index contributed by atoms with van der Waals surface area (Å²) in [6.07, 6.45) is 2.65. The fraction of sp³-hybridized carbons (Fsp3) is 0.500. The van der Waals surface area contributed by atoms with E-state index in [9.17, 15) is 4.79 Å². The molecule has 164 valence electrons. The van der Waals surface area contributed by atoms with E-state index in [0.29, 0.717) is 19.4 Å². The molecule has 0 aliphatic carbocycles. The minimum absolute atomic E-state index is 0.0760. The molecule has 2 aromatic rings. The van der Waals surface area contributed by atoms with Crippen LogP contribution >= 0.6 is 11.3 Å². The number of nitriles is 1. The average molecular weight is 442 g/mol. The summed E-state index contributed by atoms with van der Waals surface area (Å²) < 4.78 is 11.0. The van der Waals surface area contributed by atoms with Gasteiger partial charge in [-0.2, -0.15) is 10.4 Å². The van der Waals surface area contributed by atoms with E-state index in [4.69, 9.17) is 14.4 Å². The molecule has 2 aromatic heterocycles. The standard InChI is InChI=1S/C22H27N5O3S/c23-6-3-7-26(9-8-25-10-13-29-14-11-25)17-22(28)27-19(20-4-1-12-30-20)16-18(24-27)21-5-2-15-31-21/h1-2,4-5,12,15,19H,3,7-11,13-14,16-17H2. The van der Waals surface area contributed by atoms with Crippen molar-refractivity contribution < 1.29 is 13.9 Å². The number of morpholine rings is 1. The van der Waals surface area contributed by atoms with E-state index in [1.807, 2.05) is 29.6 Å². The molecule has 1 saturated heterocycles. The van der Waals surface area contributed by atoms with Gasteiger partial charge in [-0.05, 0) is 23.6 Å². The predicted molar refractivity (Wildman–Crippen MR) is 118 cm³/mol. The maximum Gasteiger partial charge on any atom is 0.257 e. The van der Waals surface area contributed by atoms with E-state index in [0.717, 1.165) is 55.7 Å². The minimum atomic E-state index is -0.239. The highest BCUT2D eigenvalue weighted by molar-refractivity contribution is 7.12. The van der Waals surface area contributed by atoms with Crippen LogP contribution in [0.3, 0.4) is 0 Å². The van der Waals surface area contributed by atoms with Gasteiger partial charge in [-0.1, -0.05) is 6.07 Å². The normalized spacial score (nSPS) is 19.5. The Hall–Kier alpha value is -2.51. The second-order valence-electron chi connectivity index (χ2n) is 7.64. The first-order valence-corrected chi connectivity index (χ1v) is 11.5. The van der Waals surface area contributed by atoms with Crippen LogP contribution in [0.25, 0.3) is 0 Å². The summed E-state index contributed by atoms with van der Waals surface area (Å²) in [6.45, 7) is 5.67. The lowest BCUT2D eigenvalue weighted by atomic mass is 10.1. The van der Waals surface area contributed by atoms with Gasteiger partial charge >= 0.3 is 0 Å². The van der Waals surface area contributed by atoms with Crippen LogP contribution in [-0.4, -0.2) is 78.9 Å². The number of nitrogens with zero attached hydrogens (tertiary/aromatic N) is 5. The Labute approximate surface area is 186 Å². The molecule has 0 saturated carbocycles. The predicted octanol–water partition coefficient (Wildman–Crippen LogP) is 2.57. The number of hydrogen-bond donors (Lipinski definition) is 0. The van der Waals surface area contributed by atoms with Crippen molar-refractivity contribution >= 4 is 23.0 Å². The molecule has 8 nitrogen and oxygen atoms in total. The first kappa shape index (κ1) is 21.7. The van der Waals surface area contributed by atoms with Crippen molar-refractivity contribution in [3.63, 3.8) is 0 Å². The van der Waals surface area contributed by atoms with Gasteiger partial charge in [0.2, 0.25) is 0 Å². The fourth-order valence-corrected chi connectivity index (χ4v) is 4.60. The zero-order valence-corrected chi connectivity index (χ0v) is 18.3. The average Bonchev–Trinajstić information content (AvgIpc) is 3.56. The Bertz CT molecular complexity index is 900. The molecular formula is C22H27N5O3S. The summed E-state index contributed by atoms with van der Waals surface area (Å²) in [5.74, 6) is 0.661. The van der Waals surface area contributed by atoms with Crippen molar-refractivity contribution in [3.05, 3.63) is 46.5 Å². The molecule has 1 fully saturated rings. The number of amides is 1. The molecule has 9 heteroatoms. The Morgan fingerprint density at radius 1 is 1.29 bits per heavy atom. The zero-order chi connectivity index (χ0) is 21.5. The summed E-state index contributed by atoms with van der Waals surface area (Å²) in [4.78, 5) is 18.8. The lowest BCUT2D eigenvalue weighted by Gasteiger charge is -2.30. The smallest absolute Gasteiger partial charge is 0.257 e. The van der Waals surface area contributed by atoms with Gasteiger partial charge in [0.25, 0.3) is 5.91 Å². The monoisotopic (exact) mass is 441 g/mol. The highest BCUT2D eigenvalue weighted by Crippen LogP contribution is 2.34. The summed E-state index contributed by atoms with van der Waals surface area (Å²) in [5, 5.41) is 17.3. The van der Waals surface area contributed by atoms with Crippen LogP contribution < -0.4 is 0 Å². The maximum absolute atomic E-state index is 13.3. The van der Waals surface area contributed by atoms with Crippen molar-refractivity contribution in [2.75, 3.05) is 52.5 Å². The van der Waals surface area contributed by atoms with Crippen molar-refractivity contribution in [2.45, 2.75) is 18.9 Å². The van der Waals surface area contributed by atoms with E-state index in [-0.39, 0.29) is 18.5 Å². The van der Waals surface area contributed by atoms with E-state index in [2.05, 4.69) is 21.0 Å². The molecule has 0 aromatic carbocycles. The van der Waals surface area contributed by atoms with Crippen LogP contribution in [0.2, 0.25) is 0 Å². The van der Waals surface area contributed by atoms with Crippen LogP contribution in [0, 0.1) is 11.3 Å². The van der Waals surface area contributed by atoms with Crippen LogP contribution in [0.1, 0.15) is 29.5 Å². The number of carbonyl (C=O) groups is 1. The molecule has 0 radical (unpaired) electrons. The Morgan fingerprint density at radius 3 is 2.87 bits per heavy atom. The second kappa shape index (κ2) is 10.7. The van der Waals surface area contributed by atoms with Crippen LogP contribution in [-0.2, 0) is 9.53 Å². The van der Waals surface area contributed by atoms with E-state index >= 15 is 0 Å². The quantitative estimate of drug-likeness (QED) is 0.595. The van der Waals surface area contributed by atoms with Crippen LogP contribution in [0.4, 0.5) is 0 Å². The lowest BCUT2D eigenvalue weighted by molar-refractivity contribution is -0.134. The molecule has 1 unspecified atom stereocenters. The number of hydrogen-bond acceptors (Lipinski definition) is 8. The van der Waals surface area contributed by atoms with Crippen LogP contribution in [0.5, 0.6) is 0 Å². The summed E-state index contributed by atoms with van der Waals surface area (Å²) >= 11 is 1.62. The fourth-order valence-electron chi connectivity index (χ4n) is 3.88. The Kier molecular flexibility index (Phi) is 7.48. The van der Waals surface area contributed by atoms with Gasteiger partial charge in [0.15, 0.2) is 0 Å². The van der Waals surface area contributed by atoms with Crippen molar-refractivity contribution in [1.29, 1.82) is 5.26 Å². The lowest BCUT2D eigenvalue weighted by Crippen LogP contribution is -2.44. The number of thiophene rings is 1. The molecule has 4 rings (SSSR count). The molecule has 1 amide bonds. The topological polar surface area (TPSA) is 85.3 Å². The largest absolute Gasteiger partial charge is 0.467 e. The number of ether oxygens (including phenoxy) is 1. The number of carbonyl (C=O) groups excluding carboxylic acids is 1. The van der Waals surface area contributed by atoms with Crippen molar-refractivity contribution in [3.8, 4) is 6.07 Å². The highest BCUT2D eigenvalue weighted by atomic mass is 32.1. The number of hydrazone groups is 1.